The van der Waals surface area contributed by atoms with E-state index in [0.717, 1.165) is 18.7 Å². The minimum atomic E-state index is 0.0167. The molecule has 1 aromatic heterocycles. The highest BCUT2D eigenvalue weighted by Gasteiger charge is 2.18. The van der Waals surface area contributed by atoms with Crippen LogP contribution in [0.15, 0.2) is 17.2 Å². The molecule has 0 radical (unpaired) electrons. The van der Waals surface area contributed by atoms with Gasteiger partial charge in [0.1, 0.15) is 0 Å². The van der Waals surface area contributed by atoms with E-state index in [1.807, 2.05) is 6.92 Å². The van der Waals surface area contributed by atoms with Crippen molar-refractivity contribution >= 4 is 0 Å². The first-order valence-corrected chi connectivity index (χ1v) is 4.40. The number of hydrogen-bond donors (Lipinski definition) is 0. The van der Waals surface area contributed by atoms with E-state index in [1.165, 1.54) is 0 Å². The first kappa shape index (κ1) is 8.44. The molecule has 1 unspecified atom stereocenters. The van der Waals surface area contributed by atoms with Crippen molar-refractivity contribution in [1.29, 1.82) is 0 Å². The molecule has 1 fully saturated rings. The van der Waals surface area contributed by atoms with Gasteiger partial charge in [0.05, 0.1) is 19.0 Å². The van der Waals surface area contributed by atoms with Crippen LogP contribution in [-0.2, 0) is 4.74 Å². The van der Waals surface area contributed by atoms with Crippen molar-refractivity contribution < 1.29 is 4.74 Å². The molecule has 2 rings (SSSR count). The lowest BCUT2D eigenvalue weighted by Crippen LogP contribution is -2.24. The summed E-state index contributed by atoms with van der Waals surface area (Å²) in [6, 6.07) is 1.73. The number of aromatic nitrogens is 2. The molecule has 4 heteroatoms. The first-order valence-electron chi connectivity index (χ1n) is 4.40. The van der Waals surface area contributed by atoms with Gasteiger partial charge in [0.25, 0.3) is 5.56 Å². The van der Waals surface area contributed by atoms with Crippen LogP contribution in [0.1, 0.15) is 18.2 Å². The molecule has 13 heavy (non-hydrogen) atoms. The largest absolute Gasteiger partial charge is 0.379 e. The topological polar surface area (TPSA) is 44.1 Å². The summed E-state index contributed by atoms with van der Waals surface area (Å²) in [6.45, 7) is 3.19. The van der Waals surface area contributed by atoms with Gasteiger partial charge >= 0.3 is 0 Å². The second-order valence-corrected chi connectivity index (χ2v) is 3.29. The maximum Gasteiger partial charge on any atom is 0.253 e. The van der Waals surface area contributed by atoms with E-state index >= 15 is 0 Å². The van der Waals surface area contributed by atoms with Crippen LogP contribution in [0, 0.1) is 6.92 Å². The van der Waals surface area contributed by atoms with Gasteiger partial charge in [-0.1, -0.05) is 0 Å². The monoisotopic (exact) mass is 180 g/mol. The highest BCUT2D eigenvalue weighted by molar-refractivity contribution is 4.97. The zero-order valence-corrected chi connectivity index (χ0v) is 7.56. The Kier molecular flexibility index (Phi) is 2.14. The van der Waals surface area contributed by atoms with Crippen LogP contribution < -0.4 is 5.56 Å². The van der Waals surface area contributed by atoms with Crippen molar-refractivity contribution in [3.8, 4) is 0 Å². The first-order chi connectivity index (χ1) is 6.27. The lowest BCUT2D eigenvalue weighted by atomic mass is 10.2. The van der Waals surface area contributed by atoms with Crippen molar-refractivity contribution in [3.63, 3.8) is 0 Å². The van der Waals surface area contributed by atoms with Crippen LogP contribution in [0.2, 0.25) is 0 Å². The summed E-state index contributed by atoms with van der Waals surface area (Å²) in [5.41, 5.74) is 0.781. The Morgan fingerprint density at radius 2 is 2.54 bits per heavy atom. The quantitative estimate of drug-likeness (QED) is 0.632. The third-order valence-corrected chi connectivity index (χ3v) is 2.27. The molecule has 0 amide bonds. The van der Waals surface area contributed by atoms with E-state index in [4.69, 9.17) is 4.74 Å². The molecule has 0 saturated carbocycles. The molecule has 0 aliphatic carbocycles. The van der Waals surface area contributed by atoms with Crippen molar-refractivity contribution in [3.05, 3.63) is 28.4 Å². The van der Waals surface area contributed by atoms with E-state index in [1.54, 1.807) is 17.0 Å². The van der Waals surface area contributed by atoms with E-state index < -0.39 is 0 Å². The lowest BCUT2D eigenvalue weighted by molar-refractivity contribution is 0.186. The third-order valence-electron chi connectivity index (χ3n) is 2.27. The molecule has 1 saturated heterocycles. The summed E-state index contributed by atoms with van der Waals surface area (Å²) in [6.07, 6.45) is 2.52. The van der Waals surface area contributed by atoms with Crippen LogP contribution in [0.25, 0.3) is 0 Å². The summed E-state index contributed by atoms with van der Waals surface area (Å²) < 4.78 is 6.86. The van der Waals surface area contributed by atoms with Crippen molar-refractivity contribution in [1.82, 2.24) is 9.55 Å². The average Bonchev–Trinajstić information content (AvgIpc) is 2.56. The molecule has 0 bridgehead atoms. The zero-order chi connectivity index (χ0) is 9.26. The second-order valence-electron chi connectivity index (χ2n) is 3.29. The Hall–Kier alpha value is -1.16. The molecule has 1 aliphatic heterocycles. The van der Waals surface area contributed by atoms with Crippen LogP contribution in [0.5, 0.6) is 0 Å². The molecule has 70 valence electrons. The predicted molar refractivity (Wildman–Crippen MR) is 47.7 cm³/mol. The number of hydrogen-bond acceptors (Lipinski definition) is 3. The van der Waals surface area contributed by atoms with Crippen LogP contribution in [0.4, 0.5) is 0 Å². The van der Waals surface area contributed by atoms with Gasteiger partial charge in [0.15, 0.2) is 0 Å². The van der Waals surface area contributed by atoms with Crippen molar-refractivity contribution in [2.45, 2.75) is 19.4 Å². The van der Waals surface area contributed by atoms with Gasteiger partial charge in [-0.2, -0.15) is 0 Å². The fraction of sp³-hybridized carbons (Fsp3) is 0.556. The molecule has 1 aliphatic rings. The van der Waals surface area contributed by atoms with Crippen LogP contribution in [-0.4, -0.2) is 22.8 Å². The molecule has 0 spiro atoms. The van der Waals surface area contributed by atoms with Gasteiger partial charge < -0.3 is 4.74 Å². The zero-order valence-electron chi connectivity index (χ0n) is 7.56. The highest BCUT2D eigenvalue weighted by atomic mass is 16.5. The van der Waals surface area contributed by atoms with Crippen molar-refractivity contribution in [2.75, 3.05) is 13.2 Å². The van der Waals surface area contributed by atoms with Gasteiger partial charge in [0, 0.05) is 18.4 Å². The Bertz CT molecular complexity index is 353. The summed E-state index contributed by atoms with van der Waals surface area (Å²) in [5, 5.41) is 0. The standard InChI is InChI=1S/C9H12N2O2/c1-7-4-9(12)11(6-10-7)8-2-3-13-5-8/h4,6,8H,2-3,5H2,1H3. The summed E-state index contributed by atoms with van der Waals surface area (Å²) in [7, 11) is 0. The Morgan fingerprint density at radius 3 is 3.15 bits per heavy atom. The molecular formula is C9H12N2O2. The molecule has 1 aromatic rings. The summed E-state index contributed by atoms with van der Waals surface area (Å²) in [5.74, 6) is 0. The van der Waals surface area contributed by atoms with E-state index in [0.29, 0.717) is 6.61 Å². The van der Waals surface area contributed by atoms with Gasteiger partial charge in [-0.3, -0.25) is 9.36 Å². The normalized spacial score (nSPS) is 22.1. The van der Waals surface area contributed by atoms with Gasteiger partial charge in [-0.25, -0.2) is 4.98 Å². The van der Waals surface area contributed by atoms with E-state index in [9.17, 15) is 4.79 Å². The maximum atomic E-state index is 11.5. The predicted octanol–water partition coefficient (Wildman–Crippen LogP) is 0.513. The summed E-state index contributed by atoms with van der Waals surface area (Å²) >= 11 is 0. The average molecular weight is 180 g/mol. The molecule has 0 aromatic carbocycles. The molecular weight excluding hydrogens is 168 g/mol. The number of rotatable bonds is 1. The van der Waals surface area contributed by atoms with E-state index in [2.05, 4.69) is 4.98 Å². The molecule has 1 atom stereocenters. The number of nitrogens with zero attached hydrogens (tertiary/aromatic N) is 2. The maximum absolute atomic E-state index is 11.5. The second kappa shape index (κ2) is 3.30. The summed E-state index contributed by atoms with van der Waals surface area (Å²) in [4.78, 5) is 15.6. The molecule has 2 heterocycles. The van der Waals surface area contributed by atoms with Crippen LogP contribution in [0.3, 0.4) is 0 Å². The minimum absolute atomic E-state index is 0.0167. The Labute approximate surface area is 76.2 Å². The SMILES string of the molecule is Cc1cc(=O)n(C2CCOC2)cn1. The van der Waals surface area contributed by atoms with Crippen molar-refractivity contribution in [2.24, 2.45) is 0 Å². The van der Waals surface area contributed by atoms with Gasteiger partial charge in [-0.05, 0) is 13.3 Å². The van der Waals surface area contributed by atoms with E-state index in [-0.39, 0.29) is 11.6 Å². The van der Waals surface area contributed by atoms with Gasteiger partial charge in [-0.15, -0.1) is 0 Å². The molecule has 0 N–H and O–H groups in total. The lowest BCUT2D eigenvalue weighted by Gasteiger charge is -2.10. The molecule has 4 nitrogen and oxygen atoms in total. The fourth-order valence-corrected chi connectivity index (χ4v) is 1.52. The Morgan fingerprint density at radius 1 is 1.69 bits per heavy atom. The number of aryl methyl sites for hydroxylation is 1. The Balaban J connectivity index is 2.34. The van der Waals surface area contributed by atoms with Gasteiger partial charge in [0.2, 0.25) is 0 Å². The minimum Gasteiger partial charge on any atom is -0.379 e. The third kappa shape index (κ3) is 1.62. The number of ether oxygens (including phenoxy) is 1. The van der Waals surface area contributed by atoms with Crippen LogP contribution >= 0.6 is 0 Å². The highest BCUT2D eigenvalue weighted by Crippen LogP contribution is 2.15. The fourth-order valence-electron chi connectivity index (χ4n) is 1.52. The smallest absolute Gasteiger partial charge is 0.253 e.